The minimum atomic E-state index is -0.0660. The zero-order chi connectivity index (χ0) is 21.0. The van der Waals surface area contributed by atoms with E-state index < -0.39 is 0 Å². The van der Waals surface area contributed by atoms with Crippen LogP contribution in [0.1, 0.15) is 16.7 Å². The van der Waals surface area contributed by atoms with E-state index in [1.807, 2.05) is 38.1 Å². The van der Waals surface area contributed by atoms with Crippen molar-refractivity contribution in [3.8, 4) is 11.5 Å². The molecule has 0 spiro atoms. The van der Waals surface area contributed by atoms with E-state index in [0.29, 0.717) is 29.6 Å². The minimum absolute atomic E-state index is 0.0660. The quantitative estimate of drug-likeness (QED) is 0.537. The van der Waals surface area contributed by atoms with Crippen LogP contribution >= 0.6 is 12.2 Å². The van der Waals surface area contributed by atoms with E-state index in [-0.39, 0.29) is 5.56 Å². The first-order valence-corrected chi connectivity index (χ1v) is 9.72. The monoisotopic (exact) mass is 411 g/mol. The Bertz CT molecular complexity index is 1110. The number of aromatic nitrogens is 1. The first-order valence-electron chi connectivity index (χ1n) is 9.32. The summed E-state index contributed by atoms with van der Waals surface area (Å²) in [6.45, 7) is 4.59. The van der Waals surface area contributed by atoms with Gasteiger partial charge in [-0.25, -0.2) is 0 Å². The molecule has 0 unspecified atom stereocenters. The lowest BCUT2D eigenvalue weighted by atomic mass is 10.0. The first-order chi connectivity index (χ1) is 13.9. The van der Waals surface area contributed by atoms with Crippen molar-refractivity contribution in [1.29, 1.82) is 0 Å². The van der Waals surface area contributed by atoms with Gasteiger partial charge in [0.2, 0.25) is 0 Å². The van der Waals surface area contributed by atoms with Crippen molar-refractivity contribution < 1.29 is 9.47 Å². The van der Waals surface area contributed by atoms with Gasteiger partial charge in [0.05, 0.1) is 25.4 Å². The lowest BCUT2D eigenvalue weighted by Crippen LogP contribution is -2.31. The van der Waals surface area contributed by atoms with Crippen LogP contribution < -0.4 is 25.7 Å². The lowest BCUT2D eigenvalue weighted by molar-refractivity contribution is 0.395. The number of aromatic amines is 1. The number of H-pyrrole nitrogens is 1. The lowest BCUT2D eigenvalue weighted by Gasteiger charge is -2.14. The predicted molar refractivity (Wildman–Crippen MR) is 122 cm³/mol. The van der Waals surface area contributed by atoms with Crippen LogP contribution in [0, 0.1) is 13.8 Å². The molecule has 6 nitrogen and oxygen atoms in total. The van der Waals surface area contributed by atoms with Crippen LogP contribution in [0.2, 0.25) is 0 Å². The number of fused-ring (bicyclic) bond motifs is 1. The summed E-state index contributed by atoms with van der Waals surface area (Å²) in [6, 6.07) is 11.5. The fourth-order valence-corrected chi connectivity index (χ4v) is 3.35. The number of aryl methyl sites for hydroxylation is 2. The second-order valence-electron chi connectivity index (χ2n) is 6.79. The Labute approximate surface area is 175 Å². The van der Waals surface area contributed by atoms with Gasteiger partial charge in [0.15, 0.2) is 5.11 Å². The van der Waals surface area contributed by atoms with E-state index in [4.69, 9.17) is 21.7 Å². The molecule has 0 saturated heterocycles. The summed E-state index contributed by atoms with van der Waals surface area (Å²) < 4.78 is 10.6. The van der Waals surface area contributed by atoms with Gasteiger partial charge in [0, 0.05) is 18.2 Å². The van der Waals surface area contributed by atoms with Crippen molar-refractivity contribution in [3.05, 3.63) is 63.4 Å². The predicted octanol–water partition coefficient (Wildman–Crippen LogP) is 3.69. The van der Waals surface area contributed by atoms with E-state index in [1.165, 1.54) is 0 Å². The zero-order valence-corrected chi connectivity index (χ0v) is 17.8. The topological polar surface area (TPSA) is 75.4 Å². The van der Waals surface area contributed by atoms with Gasteiger partial charge in [-0.15, -0.1) is 0 Å². The highest BCUT2D eigenvalue weighted by atomic mass is 32.1. The Morgan fingerprint density at radius 2 is 1.90 bits per heavy atom. The molecule has 7 heteroatoms. The molecule has 1 aromatic heterocycles. The van der Waals surface area contributed by atoms with Crippen molar-refractivity contribution in [2.45, 2.75) is 20.3 Å². The number of benzene rings is 2. The number of pyridine rings is 1. The van der Waals surface area contributed by atoms with Gasteiger partial charge in [-0.3, -0.25) is 4.79 Å². The zero-order valence-electron chi connectivity index (χ0n) is 17.0. The number of ether oxygens (including phenoxy) is 2. The summed E-state index contributed by atoms with van der Waals surface area (Å²) in [6.07, 6.45) is 0.555. The van der Waals surface area contributed by atoms with E-state index >= 15 is 0 Å². The number of thiocarbonyl (C=S) groups is 1. The molecule has 29 heavy (non-hydrogen) atoms. The molecule has 3 aromatic rings. The van der Waals surface area contributed by atoms with Crippen LogP contribution in [0.5, 0.6) is 11.5 Å². The number of rotatable bonds is 6. The molecule has 0 bridgehead atoms. The molecule has 0 aliphatic carbocycles. The van der Waals surface area contributed by atoms with Crippen LogP contribution in [-0.2, 0) is 6.42 Å². The van der Waals surface area contributed by atoms with Crippen molar-refractivity contribution in [3.63, 3.8) is 0 Å². The second kappa shape index (κ2) is 8.96. The van der Waals surface area contributed by atoms with Crippen molar-refractivity contribution in [2.75, 3.05) is 26.1 Å². The van der Waals surface area contributed by atoms with E-state index in [0.717, 1.165) is 33.3 Å². The molecule has 0 aliphatic heterocycles. The van der Waals surface area contributed by atoms with Crippen LogP contribution in [-0.4, -0.2) is 30.9 Å². The smallest absolute Gasteiger partial charge is 0.251 e. The molecule has 0 saturated carbocycles. The highest BCUT2D eigenvalue weighted by Gasteiger charge is 2.09. The van der Waals surface area contributed by atoms with Gasteiger partial charge in [-0.2, -0.15) is 0 Å². The average Bonchev–Trinajstić information content (AvgIpc) is 2.72. The van der Waals surface area contributed by atoms with Gasteiger partial charge in [-0.05, 0) is 67.2 Å². The molecule has 152 valence electrons. The third-order valence-electron chi connectivity index (χ3n) is 4.96. The third kappa shape index (κ3) is 4.68. The molecule has 0 aliphatic rings. The molecule has 3 rings (SSSR count). The summed E-state index contributed by atoms with van der Waals surface area (Å²) in [5, 5.41) is 7.74. The van der Waals surface area contributed by atoms with Gasteiger partial charge >= 0.3 is 0 Å². The number of methoxy groups -OCH3 is 2. The summed E-state index contributed by atoms with van der Waals surface area (Å²) in [5.74, 6) is 1.33. The molecular weight excluding hydrogens is 386 g/mol. The van der Waals surface area contributed by atoms with Crippen molar-refractivity contribution in [1.82, 2.24) is 10.3 Å². The number of hydrogen-bond donors (Lipinski definition) is 3. The van der Waals surface area contributed by atoms with Gasteiger partial charge < -0.3 is 25.1 Å². The van der Waals surface area contributed by atoms with E-state index in [9.17, 15) is 4.79 Å². The number of anilines is 1. The highest BCUT2D eigenvalue weighted by molar-refractivity contribution is 7.80. The Morgan fingerprint density at radius 3 is 2.62 bits per heavy atom. The Kier molecular flexibility index (Phi) is 6.39. The molecule has 0 atom stereocenters. The van der Waals surface area contributed by atoms with Gasteiger partial charge in [0.25, 0.3) is 5.56 Å². The summed E-state index contributed by atoms with van der Waals surface area (Å²) in [4.78, 5) is 15.5. The fraction of sp³-hybridized carbons (Fsp3) is 0.273. The Morgan fingerprint density at radius 1 is 1.10 bits per heavy atom. The van der Waals surface area contributed by atoms with Crippen LogP contribution in [0.4, 0.5) is 5.69 Å². The summed E-state index contributed by atoms with van der Waals surface area (Å²) in [7, 11) is 3.19. The molecule has 3 N–H and O–H groups in total. The van der Waals surface area contributed by atoms with Crippen LogP contribution in [0.25, 0.3) is 10.9 Å². The normalized spacial score (nSPS) is 10.6. The number of hydrogen-bond acceptors (Lipinski definition) is 4. The van der Waals surface area contributed by atoms with Crippen molar-refractivity contribution >= 4 is 33.9 Å². The Balaban J connectivity index is 1.64. The van der Waals surface area contributed by atoms with Gasteiger partial charge in [0.1, 0.15) is 11.5 Å². The maximum atomic E-state index is 12.4. The highest BCUT2D eigenvalue weighted by Crippen LogP contribution is 2.28. The van der Waals surface area contributed by atoms with Crippen LogP contribution in [0.15, 0.2) is 41.2 Å². The summed E-state index contributed by atoms with van der Waals surface area (Å²) in [5.41, 5.74) is 4.55. The molecule has 0 radical (unpaired) electrons. The summed E-state index contributed by atoms with van der Waals surface area (Å²) >= 11 is 5.37. The third-order valence-corrected chi connectivity index (χ3v) is 5.21. The average molecular weight is 412 g/mol. The van der Waals surface area contributed by atoms with Gasteiger partial charge in [-0.1, -0.05) is 12.1 Å². The van der Waals surface area contributed by atoms with E-state index in [2.05, 4.69) is 21.7 Å². The second-order valence-corrected chi connectivity index (χ2v) is 7.20. The fourth-order valence-electron chi connectivity index (χ4n) is 3.13. The molecule has 2 aromatic carbocycles. The molecular formula is C22H25N3O3S. The first kappa shape index (κ1) is 20.7. The molecule has 0 fully saturated rings. The maximum Gasteiger partial charge on any atom is 0.251 e. The number of nitrogens with one attached hydrogen (secondary N) is 3. The minimum Gasteiger partial charge on any atom is -0.497 e. The van der Waals surface area contributed by atoms with Crippen molar-refractivity contribution in [2.24, 2.45) is 0 Å². The SMILES string of the molecule is COc1ccc(NC(=S)NCCc2cc3ccc(C)c(C)c3[nH]c2=O)c(OC)c1. The van der Waals surface area contributed by atoms with Crippen LogP contribution in [0.3, 0.4) is 0 Å². The standard InChI is InChI=1S/C22H25N3O3S/c1-13-5-6-15-11-16(21(26)25-20(15)14(13)2)9-10-23-22(29)24-18-8-7-17(27-3)12-19(18)28-4/h5-8,11-12H,9-10H2,1-4H3,(H,25,26)(H2,23,24,29). The largest absolute Gasteiger partial charge is 0.497 e. The molecule has 0 amide bonds. The Hall–Kier alpha value is -3.06. The maximum absolute atomic E-state index is 12.4. The molecule has 1 heterocycles. The van der Waals surface area contributed by atoms with E-state index in [1.54, 1.807) is 20.3 Å².